The number of nitrogens with zero attached hydrogens (tertiary/aromatic N) is 3. The molecule has 7 nitrogen and oxygen atoms in total. The van der Waals surface area contributed by atoms with E-state index in [0.29, 0.717) is 13.1 Å². The fraction of sp³-hybridized carbons (Fsp3) is 0.500. The van der Waals surface area contributed by atoms with Crippen LogP contribution in [0.25, 0.3) is 0 Å². The van der Waals surface area contributed by atoms with Gasteiger partial charge in [0.25, 0.3) is 11.6 Å². The zero-order valence-electron chi connectivity index (χ0n) is 11.4. The Bertz CT molecular complexity index is 492. The molecule has 0 bridgehead atoms. The summed E-state index contributed by atoms with van der Waals surface area (Å²) in [5, 5.41) is 13.5. The molecule has 0 saturated carbocycles. The first-order valence-electron chi connectivity index (χ1n) is 6.30. The Kier molecular flexibility index (Phi) is 6.33. The van der Waals surface area contributed by atoms with Crippen LogP contribution < -0.4 is 5.32 Å². The molecule has 0 radical (unpaired) electrons. The van der Waals surface area contributed by atoms with Crippen LogP contribution in [0.4, 0.5) is 5.69 Å². The van der Waals surface area contributed by atoms with Crippen molar-refractivity contribution in [3.05, 3.63) is 33.1 Å². The largest absolute Gasteiger partial charge is 0.351 e. The molecule has 1 aromatic rings. The lowest BCUT2D eigenvalue weighted by Gasteiger charge is -2.17. The molecule has 110 valence electrons. The molecule has 0 atom stereocenters. The van der Waals surface area contributed by atoms with Gasteiger partial charge in [-0.1, -0.05) is 25.4 Å². The van der Waals surface area contributed by atoms with Gasteiger partial charge in [-0.25, -0.2) is 4.98 Å². The molecule has 8 heteroatoms. The second kappa shape index (κ2) is 7.76. The van der Waals surface area contributed by atoms with E-state index in [2.05, 4.69) is 15.2 Å². The lowest BCUT2D eigenvalue weighted by atomic mass is 10.2. The van der Waals surface area contributed by atoms with Crippen LogP contribution in [-0.4, -0.2) is 46.9 Å². The highest BCUT2D eigenvalue weighted by Gasteiger charge is 2.21. The fourth-order valence-corrected chi connectivity index (χ4v) is 1.87. The molecule has 0 fully saturated rings. The van der Waals surface area contributed by atoms with Crippen molar-refractivity contribution in [2.45, 2.75) is 13.8 Å². The van der Waals surface area contributed by atoms with Gasteiger partial charge in [0.1, 0.15) is 16.9 Å². The third-order valence-electron chi connectivity index (χ3n) is 2.90. The number of hydrogen-bond acceptors (Lipinski definition) is 5. The van der Waals surface area contributed by atoms with Crippen molar-refractivity contribution in [1.29, 1.82) is 0 Å². The summed E-state index contributed by atoms with van der Waals surface area (Å²) < 4.78 is 0. The van der Waals surface area contributed by atoms with Crippen molar-refractivity contribution in [3.8, 4) is 0 Å². The summed E-state index contributed by atoms with van der Waals surface area (Å²) in [6.07, 6.45) is 0.988. The van der Waals surface area contributed by atoms with E-state index in [4.69, 9.17) is 11.6 Å². The van der Waals surface area contributed by atoms with Crippen LogP contribution in [0.1, 0.15) is 24.2 Å². The van der Waals surface area contributed by atoms with Gasteiger partial charge in [0, 0.05) is 13.1 Å². The Labute approximate surface area is 122 Å². The van der Waals surface area contributed by atoms with Gasteiger partial charge >= 0.3 is 0 Å². The number of likely N-dealkylation sites (N-methyl/N-ethyl adjacent to an activating group) is 1. The number of rotatable bonds is 7. The molecule has 0 aromatic carbocycles. The Balaban J connectivity index is 2.72. The van der Waals surface area contributed by atoms with Gasteiger partial charge in [-0.2, -0.15) is 0 Å². The summed E-state index contributed by atoms with van der Waals surface area (Å²) in [5.74, 6) is -0.520. The Morgan fingerprint density at radius 1 is 1.50 bits per heavy atom. The van der Waals surface area contributed by atoms with Gasteiger partial charge in [-0.15, -0.1) is 0 Å². The minimum Gasteiger partial charge on any atom is -0.351 e. The van der Waals surface area contributed by atoms with E-state index >= 15 is 0 Å². The number of halogens is 1. The Morgan fingerprint density at radius 3 is 2.70 bits per heavy atom. The molecular weight excluding hydrogens is 284 g/mol. The topological polar surface area (TPSA) is 88.4 Å². The number of amides is 1. The van der Waals surface area contributed by atoms with Crippen LogP contribution in [0.15, 0.2) is 12.3 Å². The number of nitro groups is 1. The summed E-state index contributed by atoms with van der Waals surface area (Å²) in [6, 6.07) is 1.20. The summed E-state index contributed by atoms with van der Waals surface area (Å²) >= 11 is 5.67. The maximum Gasteiger partial charge on any atom is 0.300 e. The number of hydrogen-bond donors (Lipinski definition) is 1. The maximum atomic E-state index is 12.0. The summed E-state index contributed by atoms with van der Waals surface area (Å²) in [5.41, 5.74) is -0.427. The number of pyridine rings is 1. The van der Waals surface area contributed by atoms with E-state index in [-0.39, 0.29) is 16.4 Å². The average Bonchev–Trinajstić information content (AvgIpc) is 2.43. The minimum absolute atomic E-state index is 0.0458. The van der Waals surface area contributed by atoms with Crippen LogP contribution in [0, 0.1) is 10.1 Å². The van der Waals surface area contributed by atoms with Gasteiger partial charge in [0.15, 0.2) is 0 Å². The van der Waals surface area contributed by atoms with Crippen LogP contribution in [0.2, 0.25) is 5.15 Å². The predicted molar refractivity (Wildman–Crippen MR) is 76.0 cm³/mol. The average molecular weight is 301 g/mol. The van der Waals surface area contributed by atoms with Crippen LogP contribution in [0.5, 0.6) is 0 Å². The van der Waals surface area contributed by atoms with Crippen molar-refractivity contribution in [2.24, 2.45) is 0 Å². The molecule has 1 rings (SSSR count). The van der Waals surface area contributed by atoms with Gasteiger partial charge in [0.2, 0.25) is 0 Å². The second-order valence-corrected chi connectivity index (χ2v) is 4.45. The zero-order valence-corrected chi connectivity index (χ0v) is 12.2. The lowest BCUT2D eigenvalue weighted by molar-refractivity contribution is -0.385. The normalized spacial score (nSPS) is 10.6. The molecule has 0 spiro atoms. The van der Waals surface area contributed by atoms with Crippen molar-refractivity contribution in [2.75, 3.05) is 26.2 Å². The standard InChI is InChI=1S/C12H17ClN4O3/c1-3-16(4-2)6-5-14-12(18)9-7-11(13)15-8-10(9)17(19)20/h7-8H,3-6H2,1-2H3,(H,14,18). The van der Waals surface area contributed by atoms with Crippen molar-refractivity contribution in [3.63, 3.8) is 0 Å². The molecule has 0 unspecified atom stereocenters. The van der Waals surface area contributed by atoms with E-state index in [1.165, 1.54) is 6.07 Å². The fourth-order valence-electron chi connectivity index (χ4n) is 1.71. The van der Waals surface area contributed by atoms with E-state index in [0.717, 1.165) is 19.3 Å². The third kappa shape index (κ3) is 4.43. The smallest absolute Gasteiger partial charge is 0.300 e. The monoisotopic (exact) mass is 300 g/mol. The molecule has 0 aliphatic heterocycles. The number of carbonyl (C=O) groups excluding carboxylic acids is 1. The molecule has 1 heterocycles. The summed E-state index contributed by atoms with van der Waals surface area (Å²) in [7, 11) is 0. The molecule has 0 saturated heterocycles. The van der Waals surface area contributed by atoms with Gasteiger partial charge in [0.05, 0.1) is 4.92 Å². The van der Waals surface area contributed by atoms with Crippen LogP contribution in [0.3, 0.4) is 0 Å². The highest BCUT2D eigenvalue weighted by Crippen LogP contribution is 2.19. The van der Waals surface area contributed by atoms with E-state index in [9.17, 15) is 14.9 Å². The third-order valence-corrected chi connectivity index (χ3v) is 3.11. The van der Waals surface area contributed by atoms with Crippen LogP contribution in [-0.2, 0) is 0 Å². The second-order valence-electron chi connectivity index (χ2n) is 4.06. The lowest BCUT2D eigenvalue weighted by Crippen LogP contribution is -2.35. The molecule has 1 aromatic heterocycles. The number of aromatic nitrogens is 1. The first-order valence-corrected chi connectivity index (χ1v) is 6.67. The number of nitrogens with one attached hydrogen (secondary N) is 1. The van der Waals surface area contributed by atoms with E-state index in [1.807, 2.05) is 13.8 Å². The Hall–Kier alpha value is -1.73. The SMILES string of the molecule is CCN(CC)CCNC(=O)c1cc(Cl)ncc1[N+](=O)[O-]. The van der Waals surface area contributed by atoms with E-state index < -0.39 is 10.8 Å². The zero-order chi connectivity index (χ0) is 15.1. The van der Waals surface area contributed by atoms with Crippen molar-refractivity contribution < 1.29 is 9.72 Å². The van der Waals surface area contributed by atoms with E-state index in [1.54, 1.807) is 0 Å². The summed E-state index contributed by atoms with van der Waals surface area (Å²) in [6.45, 7) is 6.92. The van der Waals surface area contributed by atoms with Gasteiger partial charge in [-0.05, 0) is 19.2 Å². The quantitative estimate of drug-likeness (QED) is 0.470. The molecule has 0 aliphatic rings. The molecule has 1 amide bonds. The van der Waals surface area contributed by atoms with Crippen LogP contribution >= 0.6 is 11.6 Å². The summed E-state index contributed by atoms with van der Waals surface area (Å²) in [4.78, 5) is 27.9. The number of carbonyl (C=O) groups is 1. The predicted octanol–water partition coefficient (Wildman–Crippen LogP) is 1.71. The minimum atomic E-state index is -0.650. The van der Waals surface area contributed by atoms with Crippen molar-refractivity contribution >= 4 is 23.2 Å². The van der Waals surface area contributed by atoms with Gasteiger partial charge < -0.3 is 10.2 Å². The first kappa shape index (κ1) is 16.3. The molecule has 1 N–H and O–H groups in total. The molecular formula is C12H17ClN4O3. The first-order chi connectivity index (χ1) is 9.49. The molecule has 0 aliphatic carbocycles. The van der Waals surface area contributed by atoms with Gasteiger partial charge in [-0.3, -0.25) is 14.9 Å². The highest BCUT2D eigenvalue weighted by atomic mass is 35.5. The highest BCUT2D eigenvalue weighted by molar-refractivity contribution is 6.29. The Morgan fingerprint density at radius 2 is 2.15 bits per heavy atom. The maximum absolute atomic E-state index is 12.0. The van der Waals surface area contributed by atoms with Crippen molar-refractivity contribution in [1.82, 2.24) is 15.2 Å². The molecule has 20 heavy (non-hydrogen) atoms.